The second-order valence-corrected chi connectivity index (χ2v) is 9.06. The summed E-state index contributed by atoms with van der Waals surface area (Å²) in [6.07, 6.45) is 13.0. The Morgan fingerprint density at radius 2 is 1.38 bits per heavy atom. The predicted molar refractivity (Wildman–Crippen MR) is 106 cm³/mol. The number of ether oxygens (including phenoxy) is 1. The molecule has 0 aliphatic rings. The van der Waals surface area contributed by atoms with Crippen LogP contribution in [0.3, 0.4) is 0 Å². The standard InChI is InChI=1S/C20H31FOS2/c1-4-5-6-7-8-9-10-11-12-13-14-22-20-18(21)17-15(2)23-16(3)19(17)24-20/h4-14H2,1-3H3. The zero-order valence-corrected chi connectivity index (χ0v) is 17.0. The monoisotopic (exact) mass is 370 g/mol. The lowest BCUT2D eigenvalue weighted by Crippen LogP contribution is -1.97. The molecule has 4 heteroatoms. The van der Waals surface area contributed by atoms with Crippen molar-refractivity contribution in [1.29, 1.82) is 0 Å². The van der Waals surface area contributed by atoms with Crippen molar-refractivity contribution in [3.63, 3.8) is 0 Å². The van der Waals surface area contributed by atoms with Gasteiger partial charge < -0.3 is 4.74 Å². The average Bonchev–Trinajstić information content (AvgIpc) is 3.03. The van der Waals surface area contributed by atoms with Gasteiger partial charge >= 0.3 is 0 Å². The molecule has 24 heavy (non-hydrogen) atoms. The van der Waals surface area contributed by atoms with Crippen LogP contribution in [0.15, 0.2) is 0 Å². The number of hydrogen-bond donors (Lipinski definition) is 0. The Morgan fingerprint density at radius 3 is 1.96 bits per heavy atom. The summed E-state index contributed by atoms with van der Waals surface area (Å²) in [5.41, 5.74) is 0. The molecule has 0 atom stereocenters. The van der Waals surface area contributed by atoms with Crippen molar-refractivity contribution in [1.82, 2.24) is 0 Å². The summed E-state index contributed by atoms with van der Waals surface area (Å²) in [5, 5.41) is 1.26. The van der Waals surface area contributed by atoms with Crippen LogP contribution in [0.5, 0.6) is 5.06 Å². The van der Waals surface area contributed by atoms with Crippen molar-refractivity contribution in [3.8, 4) is 5.06 Å². The first-order valence-electron chi connectivity index (χ1n) is 9.46. The lowest BCUT2D eigenvalue weighted by atomic mass is 10.1. The second-order valence-electron chi connectivity index (χ2n) is 6.65. The van der Waals surface area contributed by atoms with Crippen LogP contribution in [0.2, 0.25) is 0 Å². The van der Waals surface area contributed by atoms with Gasteiger partial charge in [-0.3, -0.25) is 0 Å². The lowest BCUT2D eigenvalue weighted by molar-refractivity contribution is 0.300. The van der Waals surface area contributed by atoms with Crippen LogP contribution in [-0.4, -0.2) is 6.61 Å². The summed E-state index contributed by atoms with van der Waals surface area (Å²) in [6, 6.07) is 0. The normalized spacial score (nSPS) is 11.5. The van der Waals surface area contributed by atoms with Gasteiger partial charge in [-0.05, 0) is 20.3 Å². The van der Waals surface area contributed by atoms with Gasteiger partial charge in [0.15, 0.2) is 5.82 Å². The Hall–Kier alpha value is -0.610. The highest BCUT2D eigenvalue weighted by Crippen LogP contribution is 2.43. The molecule has 0 unspecified atom stereocenters. The van der Waals surface area contributed by atoms with Crippen molar-refractivity contribution in [3.05, 3.63) is 15.6 Å². The molecule has 0 saturated carbocycles. The summed E-state index contributed by atoms with van der Waals surface area (Å²) < 4.78 is 21.2. The van der Waals surface area contributed by atoms with Gasteiger partial charge in [-0.15, -0.1) is 11.3 Å². The van der Waals surface area contributed by atoms with E-state index in [1.807, 2.05) is 6.92 Å². The maximum Gasteiger partial charge on any atom is 0.211 e. The van der Waals surface area contributed by atoms with Gasteiger partial charge in [0, 0.05) is 15.1 Å². The van der Waals surface area contributed by atoms with Gasteiger partial charge in [-0.1, -0.05) is 76.0 Å². The maximum absolute atomic E-state index is 14.4. The third kappa shape index (κ3) is 5.45. The van der Waals surface area contributed by atoms with Crippen LogP contribution in [0.25, 0.3) is 10.1 Å². The fourth-order valence-electron chi connectivity index (χ4n) is 3.13. The van der Waals surface area contributed by atoms with Crippen LogP contribution in [0.4, 0.5) is 4.39 Å². The van der Waals surface area contributed by atoms with Crippen LogP contribution in [0.1, 0.15) is 80.9 Å². The summed E-state index contributed by atoms with van der Waals surface area (Å²) in [7, 11) is 0. The van der Waals surface area contributed by atoms with Crippen LogP contribution in [0, 0.1) is 19.7 Å². The number of aryl methyl sites for hydroxylation is 2. The molecular weight excluding hydrogens is 339 g/mol. The molecule has 0 fully saturated rings. The van der Waals surface area contributed by atoms with Gasteiger partial charge in [0.05, 0.1) is 11.3 Å². The lowest BCUT2D eigenvalue weighted by Gasteiger charge is -2.04. The van der Waals surface area contributed by atoms with E-state index < -0.39 is 0 Å². The highest BCUT2D eigenvalue weighted by molar-refractivity contribution is 7.25. The van der Waals surface area contributed by atoms with Crippen molar-refractivity contribution < 1.29 is 9.13 Å². The summed E-state index contributed by atoms with van der Waals surface area (Å²) in [4.78, 5) is 2.25. The SMILES string of the molecule is CCCCCCCCCCCCOc1sc2c(C)sc(C)c2c1F. The third-order valence-corrected chi connectivity index (χ3v) is 6.88. The molecule has 0 N–H and O–H groups in total. The minimum atomic E-state index is -0.149. The number of unbranched alkanes of at least 4 members (excludes halogenated alkanes) is 9. The Balaban J connectivity index is 1.58. The topological polar surface area (TPSA) is 9.23 Å². The summed E-state index contributed by atoms with van der Waals surface area (Å²) in [5.74, 6) is -0.149. The van der Waals surface area contributed by atoms with Crippen LogP contribution >= 0.6 is 22.7 Å². The molecule has 1 nitrogen and oxygen atoms in total. The van der Waals surface area contributed by atoms with Crippen molar-refractivity contribution in [2.24, 2.45) is 0 Å². The number of rotatable bonds is 12. The fraction of sp³-hybridized carbons (Fsp3) is 0.700. The van der Waals surface area contributed by atoms with E-state index in [1.165, 1.54) is 74.0 Å². The molecule has 2 heterocycles. The number of halogens is 1. The van der Waals surface area contributed by atoms with Crippen LogP contribution < -0.4 is 4.74 Å². The maximum atomic E-state index is 14.4. The van der Waals surface area contributed by atoms with Crippen molar-refractivity contribution in [2.45, 2.75) is 85.0 Å². The molecule has 0 spiro atoms. The third-order valence-electron chi connectivity index (χ3n) is 4.53. The molecule has 2 aromatic heterocycles. The molecule has 0 aliphatic carbocycles. The number of hydrogen-bond acceptors (Lipinski definition) is 3. The van der Waals surface area contributed by atoms with E-state index in [0.29, 0.717) is 11.7 Å². The molecule has 0 bridgehead atoms. The Morgan fingerprint density at radius 1 is 0.792 bits per heavy atom. The fourth-order valence-corrected chi connectivity index (χ4v) is 5.40. The van der Waals surface area contributed by atoms with Gasteiger partial charge in [-0.2, -0.15) is 0 Å². The predicted octanol–water partition coefficient (Wildman–Crippen LogP) is 8.02. The summed E-state index contributed by atoms with van der Waals surface area (Å²) >= 11 is 3.14. The number of thiophene rings is 2. The van der Waals surface area contributed by atoms with Gasteiger partial charge in [0.1, 0.15) is 0 Å². The Kier molecular flexibility index (Phi) is 8.54. The first-order chi connectivity index (χ1) is 11.6. The zero-order valence-electron chi connectivity index (χ0n) is 15.4. The molecular formula is C20H31FOS2. The molecule has 2 rings (SSSR count). The molecule has 0 amide bonds. The first kappa shape index (κ1) is 19.7. The van der Waals surface area contributed by atoms with E-state index in [1.54, 1.807) is 11.3 Å². The van der Waals surface area contributed by atoms with Gasteiger partial charge in [-0.25, -0.2) is 4.39 Å². The summed E-state index contributed by atoms with van der Waals surface area (Å²) in [6.45, 7) is 6.94. The highest BCUT2D eigenvalue weighted by atomic mass is 32.1. The van der Waals surface area contributed by atoms with Gasteiger partial charge in [0.25, 0.3) is 0 Å². The van der Waals surface area contributed by atoms with E-state index in [0.717, 1.165) is 21.4 Å². The quantitative estimate of drug-likeness (QED) is 0.344. The molecule has 0 radical (unpaired) electrons. The van der Waals surface area contributed by atoms with Crippen LogP contribution in [-0.2, 0) is 0 Å². The molecule has 2 aromatic rings. The first-order valence-corrected chi connectivity index (χ1v) is 11.1. The largest absolute Gasteiger partial charge is 0.482 e. The molecule has 0 aromatic carbocycles. The second kappa shape index (κ2) is 10.4. The van der Waals surface area contributed by atoms with Crippen molar-refractivity contribution >= 4 is 32.8 Å². The highest BCUT2D eigenvalue weighted by Gasteiger charge is 2.18. The van der Waals surface area contributed by atoms with E-state index in [2.05, 4.69) is 13.8 Å². The number of fused-ring (bicyclic) bond motifs is 1. The van der Waals surface area contributed by atoms with E-state index in [9.17, 15) is 4.39 Å². The average molecular weight is 371 g/mol. The van der Waals surface area contributed by atoms with E-state index in [4.69, 9.17) is 4.74 Å². The molecule has 0 aliphatic heterocycles. The smallest absolute Gasteiger partial charge is 0.211 e. The minimum absolute atomic E-state index is 0.149. The van der Waals surface area contributed by atoms with E-state index >= 15 is 0 Å². The molecule has 136 valence electrons. The van der Waals surface area contributed by atoms with Crippen molar-refractivity contribution in [2.75, 3.05) is 6.61 Å². The minimum Gasteiger partial charge on any atom is -0.482 e. The Bertz CT molecular complexity index is 615. The molecule has 0 saturated heterocycles. The zero-order chi connectivity index (χ0) is 17.4. The Labute approximate surface area is 154 Å². The van der Waals surface area contributed by atoms with E-state index in [-0.39, 0.29) is 5.82 Å². The van der Waals surface area contributed by atoms with Gasteiger partial charge in [0.2, 0.25) is 5.06 Å².